The first-order valence-corrected chi connectivity index (χ1v) is 23.2. The molecule has 0 aromatic rings. The Hall–Kier alpha value is -1.18. The van der Waals surface area contributed by atoms with E-state index in [0.29, 0.717) is 13.0 Å². The summed E-state index contributed by atoms with van der Waals surface area (Å²) in [6, 6.07) is 0. The van der Waals surface area contributed by atoms with Gasteiger partial charge in [0, 0.05) is 13.5 Å². The molecule has 308 valence electrons. The van der Waals surface area contributed by atoms with Crippen LogP contribution in [0.25, 0.3) is 0 Å². The number of ether oxygens (including phenoxy) is 2. The fourth-order valence-electron chi connectivity index (χ4n) is 6.12. The Kier molecular flexibility index (Phi) is 37.2. The molecule has 2 unspecified atom stereocenters. The highest BCUT2D eigenvalue weighted by Gasteiger charge is 2.35. The van der Waals surface area contributed by atoms with Crippen LogP contribution in [-0.4, -0.2) is 45.0 Å². The van der Waals surface area contributed by atoms with Crippen LogP contribution < -0.4 is 5.73 Å². The number of phosphoric ester groups is 1. The molecule has 0 aromatic carbocycles. The fourth-order valence-corrected chi connectivity index (χ4v) is 7.19. The van der Waals surface area contributed by atoms with Crippen LogP contribution in [0.2, 0.25) is 0 Å². The largest absolute Gasteiger partial charge is 0.497 e. The first-order chi connectivity index (χ1) is 25.3. The van der Waals surface area contributed by atoms with Gasteiger partial charge in [0.25, 0.3) is 0 Å². The van der Waals surface area contributed by atoms with Crippen molar-refractivity contribution in [2.45, 2.75) is 213 Å². The van der Waals surface area contributed by atoms with Gasteiger partial charge in [-0.3, -0.25) is 18.4 Å². The lowest BCUT2D eigenvalue weighted by molar-refractivity contribution is -0.371. The van der Waals surface area contributed by atoms with Crippen LogP contribution in [0.1, 0.15) is 207 Å². The van der Waals surface area contributed by atoms with E-state index >= 15 is 0 Å². The summed E-state index contributed by atoms with van der Waals surface area (Å²) in [5, 5.41) is 0. The molecule has 0 aromatic heterocycles. The third-order valence-corrected chi connectivity index (χ3v) is 10.8. The van der Waals surface area contributed by atoms with Gasteiger partial charge in [0.2, 0.25) is 0 Å². The summed E-state index contributed by atoms with van der Waals surface area (Å²) in [5.41, 5.74) is 2.55. The number of allylic oxidation sites excluding steroid dienone is 3. The highest BCUT2D eigenvalue weighted by molar-refractivity contribution is 7.48. The zero-order valence-corrected chi connectivity index (χ0v) is 35.6. The molecular formula is C43H85NO7P+. The van der Waals surface area contributed by atoms with Crippen molar-refractivity contribution in [3.63, 3.8) is 0 Å². The number of carbonyl (C=O) groups excluding carboxylic acids is 1. The molecule has 0 aliphatic heterocycles. The Bertz CT molecular complexity index is 884. The maximum atomic E-state index is 12.9. The molecule has 9 heteroatoms. The Balaban J connectivity index is 4.34. The molecular weight excluding hydrogens is 673 g/mol. The summed E-state index contributed by atoms with van der Waals surface area (Å²) >= 11 is 0. The van der Waals surface area contributed by atoms with Crippen LogP contribution in [0.15, 0.2) is 24.5 Å². The molecule has 2 atom stereocenters. The van der Waals surface area contributed by atoms with Crippen molar-refractivity contribution in [2.24, 2.45) is 0 Å². The average molecular weight is 759 g/mol. The van der Waals surface area contributed by atoms with Crippen molar-refractivity contribution in [2.75, 3.05) is 33.5 Å². The monoisotopic (exact) mass is 759 g/mol. The third kappa shape index (κ3) is 34.6. The lowest BCUT2D eigenvalue weighted by Crippen LogP contribution is -2.52. The number of phosphoric acid groups is 1. The lowest BCUT2D eigenvalue weighted by atomic mass is 10.0. The number of hydrogen-bond acceptors (Lipinski definition) is 7. The summed E-state index contributed by atoms with van der Waals surface area (Å²) in [5.74, 6) is -0.315. The Morgan fingerprint density at radius 2 is 1.02 bits per heavy atom. The highest BCUT2D eigenvalue weighted by Crippen LogP contribution is 2.49. The van der Waals surface area contributed by atoms with Crippen LogP contribution in [0, 0.1) is 0 Å². The van der Waals surface area contributed by atoms with Crippen molar-refractivity contribution >= 4 is 13.8 Å². The average Bonchev–Trinajstić information content (AvgIpc) is 3.14. The van der Waals surface area contributed by atoms with Crippen molar-refractivity contribution in [1.29, 1.82) is 0 Å². The quantitative estimate of drug-likeness (QED) is 0.0217. The van der Waals surface area contributed by atoms with E-state index in [4.69, 9.17) is 23.0 Å². The molecule has 0 aliphatic rings. The first-order valence-electron chi connectivity index (χ1n) is 21.7. The second kappa shape index (κ2) is 38.1. The molecule has 0 radical (unpaired) electrons. The summed E-state index contributed by atoms with van der Waals surface area (Å²) in [6.07, 6.45) is 44.1. The minimum Gasteiger partial charge on any atom is -0.497 e. The zero-order valence-electron chi connectivity index (χ0n) is 34.7. The van der Waals surface area contributed by atoms with E-state index in [1.54, 1.807) is 13.2 Å². The van der Waals surface area contributed by atoms with Gasteiger partial charge in [0.15, 0.2) is 5.60 Å². The fraction of sp³-hybridized carbons (Fsp3) is 0.884. The van der Waals surface area contributed by atoms with Crippen LogP contribution in [-0.2, 0) is 32.4 Å². The standard InChI is InChI=1S/C43H84NO7P/c1-5-7-9-11-13-15-17-19-21-23-25-27-29-31-33-35-38-48-40-43(3,41-50-52(46,47-4)49-39-37-44)51-42(45)36-34-32-30-28-26-24-22-20-18-16-14-12-10-8-6-2/h20,22,35,38H,5-19,21,23-34,36-37,39-41,44H2,1-4H3/p+1. The molecule has 0 saturated heterocycles. The van der Waals surface area contributed by atoms with Gasteiger partial charge in [0.1, 0.15) is 19.8 Å². The number of unbranched alkanes of at least 4 members (excludes halogenated alkanes) is 25. The van der Waals surface area contributed by atoms with Crippen molar-refractivity contribution < 1.29 is 38.1 Å². The second-order valence-corrected chi connectivity index (χ2v) is 16.7. The number of quaternary nitrogens is 1. The van der Waals surface area contributed by atoms with E-state index in [2.05, 4.69) is 31.7 Å². The predicted octanol–water partition coefficient (Wildman–Crippen LogP) is 12.8. The van der Waals surface area contributed by atoms with Crippen molar-refractivity contribution in [3.05, 3.63) is 24.5 Å². The van der Waals surface area contributed by atoms with Crippen LogP contribution in [0.5, 0.6) is 0 Å². The molecule has 52 heavy (non-hydrogen) atoms. The third-order valence-electron chi connectivity index (χ3n) is 9.45. The number of hydrogen-bond donors (Lipinski definition) is 1. The van der Waals surface area contributed by atoms with E-state index in [0.717, 1.165) is 38.5 Å². The molecule has 0 bridgehead atoms. The van der Waals surface area contributed by atoms with E-state index in [1.165, 1.54) is 148 Å². The molecule has 0 aliphatic carbocycles. The Labute approximate surface area is 321 Å². The molecule has 0 heterocycles. The normalized spacial score (nSPS) is 14.2. The maximum absolute atomic E-state index is 12.9. The molecule has 8 nitrogen and oxygen atoms in total. The number of esters is 1. The predicted molar refractivity (Wildman–Crippen MR) is 218 cm³/mol. The minimum absolute atomic E-state index is 0.0689. The lowest BCUT2D eigenvalue weighted by Gasteiger charge is -2.29. The summed E-state index contributed by atoms with van der Waals surface area (Å²) in [6.45, 7) is 6.71. The van der Waals surface area contributed by atoms with Gasteiger partial charge in [-0.1, -0.05) is 161 Å². The van der Waals surface area contributed by atoms with E-state index in [-0.39, 0.29) is 25.8 Å². The van der Waals surface area contributed by atoms with Gasteiger partial charge in [-0.05, 0) is 57.9 Å². The van der Waals surface area contributed by atoms with Crippen LogP contribution in [0.4, 0.5) is 0 Å². The topological polar surface area (TPSA) is 108 Å². The van der Waals surface area contributed by atoms with Crippen molar-refractivity contribution in [1.82, 2.24) is 0 Å². The number of carbonyl (C=O) groups is 1. The van der Waals surface area contributed by atoms with Gasteiger partial charge in [-0.2, -0.15) is 0 Å². The van der Waals surface area contributed by atoms with Crippen LogP contribution in [0.3, 0.4) is 0 Å². The minimum atomic E-state index is -3.80. The number of rotatable bonds is 41. The SMILES string of the molecule is CCCCCCCCC=CCCCCCCCC(=O)OC(C)(COC=CCCCCCCCCCCCCCCCC)COP(=O)(OC)OCC[NH3+]. The molecule has 0 rings (SSSR count). The van der Waals surface area contributed by atoms with E-state index in [1.807, 2.05) is 6.08 Å². The molecule has 0 spiro atoms. The van der Waals surface area contributed by atoms with Gasteiger partial charge in [0.05, 0.1) is 12.8 Å². The maximum Gasteiger partial charge on any atom is 0.474 e. The van der Waals surface area contributed by atoms with Gasteiger partial charge >= 0.3 is 13.8 Å². The van der Waals surface area contributed by atoms with Crippen molar-refractivity contribution in [3.8, 4) is 0 Å². The Morgan fingerprint density at radius 1 is 0.596 bits per heavy atom. The first kappa shape index (κ1) is 50.8. The van der Waals surface area contributed by atoms with Gasteiger partial charge in [-0.25, -0.2) is 4.57 Å². The summed E-state index contributed by atoms with van der Waals surface area (Å²) in [4.78, 5) is 12.9. The molecule has 0 saturated carbocycles. The smallest absolute Gasteiger partial charge is 0.474 e. The molecule has 0 amide bonds. The summed E-state index contributed by atoms with van der Waals surface area (Å²) in [7, 11) is -2.52. The van der Waals surface area contributed by atoms with E-state index < -0.39 is 13.4 Å². The van der Waals surface area contributed by atoms with E-state index in [9.17, 15) is 9.36 Å². The molecule has 0 fully saturated rings. The molecule has 3 N–H and O–H groups in total. The van der Waals surface area contributed by atoms with Gasteiger partial charge in [-0.15, -0.1) is 0 Å². The Morgan fingerprint density at radius 3 is 1.46 bits per heavy atom. The van der Waals surface area contributed by atoms with Crippen LogP contribution >= 0.6 is 7.82 Å². The highest BCUT2D eigenvalue weighted by atomic mass is 31.2. The zero-order chi connectivity index (χ0) is 38.3. The van der Waals surface area contributed by atoms with Gasteiger partial charge < -0.3 is 15.2 Å². The summed E-state index contributed by atoms with van der Waals surface area (Å²) < 4.78 is 40.4. The second-order valence-electron chi connectivity index (χ2n) is 14.9.